The average molecular weight is 670 g/mol. The molecule has 0 aliphatic carbocycles. The Balaban J connectivity index is 0.000000191. The molecule has 0 fully saturated rings. The first-order chi connectivity index (χ1) is 18.3. The Morgan fingerprint density at radius 1 is 0.789 bits per heavy atom. The SMILES string of the molecule is Cc1ccc2o[c-]c(-c3nc4ccccc4n3-c3ccccc3)c2c1.[Ir].[c-]1ccccc1-c1ccccn1. The summed E-state index contributed by atoms with van der Waals surface area (Å²) >= 11 is 0. The van der Waals surface area contributed by atoms with Crippen LogP contribution in [0.5, 0.6) is 0 Å². The smallest absolute Gasteiger partial charge is 0.0774 e. The van der Waals surface area contributed by atoms with E-state index >= 15 is 0 Å². The Bertz CT molecular complexity index is 1740. The van der Waals surface area contributed by atoms with Gasteiger partial charge in [0.1, 0.15) is 0 Å². The quantitative estimate of drug-likeness (QED) is 0.179. The number of hydrogen-bond donors (Lipinski definition) is 0. The van der Waals surface area contributed by atoms with Crippen molar-refractivity contribution >= 4 is 22.0 Å². The monoisotopic (exact) mass is 670 g/mol. The number of rotatable bonds is 3. The molecule has 38 heavy (non-hydrogen) atoms. The van der Waals surface area contributed by atoms with Crippen LogP contribution in [0.4, 0.5) is 0 Å². The molecular formula is C33H23IrN3O-2. The summed E-state index contributed by atoms with van der Waals surface area (Å²) in [4.78, 5) is 9.10. The summed E-state index contributed by atoms with van der Waals surface area (Å²) in [6, 6.07) is 41.4. The van der Waals surface area contributed by atoms with E-state index in [1.54, 1.807) is 6.20 Å². The number of imidazole rings is 1. The average Bonchev–Trinajstić information content (AvgIpc) is 3.56. The van der Waals surface area contributed by atoms with Crippen molar-refractivity contribution in [1.29, 1.82) is 0 Å². The number of furan rings is 1. The zero-order chi connectivity index (χ0) is 25.0. The molecule has 0 aliphatic heterocycles. The minimum Gasteiger partial charge on any atom is -0.557 e. The topological polar surface area (TPSA) is 43.9 Å². The second-order valence-corrected chi connectivity index (χ2v) is 8.67. The fourth-order valence-corrected chi connectivity index (χ4v) is 4.36. The van der Waals surface area contributed by atoms with Crippen LogP contribution in [0.25, 0.3) is 50.3 Å². The molecule has 3 aromatic heterocycles. The van der Waals surface area contributed by atoms with E-state index in [4.69, 9.17) is 9.40 Å². The minimum atomic E-state index is 0. The van der Waals surface area contributed by atoms with Crippen LogP contribution in [0, 0.1) is 19.3 Å². The van der Waals surface area contributed by atoms with Crippen molar-refractivity contribution in [3.63, 3.8) is 0 Å². The van der Waals surface area contributed by atoms with Crippen molar-refractivity contribution in [3.05, 3.63) is 139 Å². The van der Waals surface area contributed by atoms with Gasteiger partial charge in [0.25, 0.3) is 0 Å². The van der Waals surface area contributed by atoms with Crippen molar-refractivity contribution in [1.82, 2.24) is 14.5 Å². The molecule has 4 aromatic carbocycles. The number of aromatic nitrogens is 3. The second kappa shape index (κ2) is 11.4. The van der Waals surface area contributed by atoms with Crippen LogP contribution in [0.1, 0.15) is 5.56 Å². The summed E-state index contributed by atoms with van der Waals surface area (Å²) in [5.74, 6) is 0.844. The molecule has 187 valence electrons. The largest absolute Gasteiger partial charge is 0.557 e. The summed E-state index contributed by atoms with van der Waals surface area (Å²) in [7, 11) is 0. The first kappa shape index (κ1) is 25.3. The van der Waals surface area contributed by atoms with Crippen LogP contribution in [-0.4, -0.2) is 14.5 Å². The van der Waals surface area contributed by atoms with Crippen LogP contribution in [-0.2, 0) is 20.1 Å². The van der Waals surface area contributed by atoms with Gasteiger partial charge in [0.15, 0.2) is 0 Å². The summed E-state index contributed by atoms with van der Waals surface area (Å²) in [5, 5.41) is 1.03. The van der Waals surface area contributed by atoms with Gasteiger partial charge in [0.05, 0.1) is 16.9 Å². The van der Waals surface area contributed by atoms with Crippen molar-refractivity contribution in [3.8, 4) is 28.3 Å². The Morgan fingerprint density at radius 3 is 2.37 bits per heavy atom. The zero-order valence-corrected chi connectivity index (χ0v) is 23.0. The summed E-state index contributed by atoms with van der Waals surface area (Å²) in [5.41, 5.74) is 8.01. The standard InChI is InChI=1S/C22H15N2O.C11H8N.Ir/c1-15-11-12-21-17(13-15)18(14-25-21)22-23-19-9-5-6-10-20(19)24(22)16-7-3-2-4-8-16;1-2-6-10(7-3-1)11-8-4-5-9-12-11;/h2-13H,1H3;1-6,8-9H;/q2*-1;. The first-order valence-corrected chi connectivity index (χ1v) is 12.1. The van der Waals surface area contributed by atoms with E-state index in [1.165, 1.54) is 5.56 Å². The van der Waals surface area contributed by atoms with Gasteiger partial charge >= 0.3 is 0 Å². The molecule has 0 amide bonds. The summed E-state index contributed by atoms with van der Waals surface area (Å²) < 4.78 is 7.83. The van der Waals surface area contributed by atoms with Crippen molar-refractivity contribution in [2.24, 2.45) is 0 Å². The van der Waals surface area contributed by atoms with E-state index in [2.05, 4.69) is 53.1 Å². The summed E-state index contributed by atoms with van der Waals surface area (Å²) in [6.45, 7) is 2.08. The molecule has 5 heteroatoms. The zero-order valence-electron chi connectivity index (χ0n) is 20.6. The van der Waals surface area contributed by atoms with Gasteiger partial charge in [-0.05, 0) is 42.9 Å². The number of para-hydroxylation sites is 3. The van der Waals surface area contributed by atoms with Gasteiger partial charge < -0.3 is 14.0 Å². The molecule has 4 nitrogen and oxygen atoms in total. The van der Waals surface area contributed by atoms with E-state index in [-0.39, 0.29) is 20.1 Å². The minimum absolute atomic E-state index is 0. The van der Waals surface area contributed by atoms with Crippen molar-refractivity contribution < 1.29 is 24.5 Å². The Morgan fingerprint density at radius 2 is 1.58 bits per heavy atom. The van der Waals surface area contributed by atoms with E-state index in [0.29, 0.717) is 0 Å². The number of fused-ring (bicyclic) bond motifs is 2. The van der Waals surface area contributed by atoms with E-state index < -0.39 is 0 Å². The van der Waals surface area contributed by atoms with Crippen LogP contribution in [0.3, 0.4) is 0 Å². The van der Waals surface area contributed by atoms with Gasteiger partial charge in [0, 0.05) is 43.8 Å². The molecular weight excluding hydrogens is 647 g/mol. The molecule has 0 unspecified atom stereocenters. The number of pyridine rings is 1. The molecule has 0 atom stereocenters. The predicted molar refractivity (Wildman–Crippen MR) is 148 cm³/mol. The van der Waals surface area contributed by atoms with E-state index in [1.807, 2.05) is 91.0 Å². The van der Waals surface area contributed by atoms with Gasteiger partial charge in [-0.2, -0.15) is 0 Å². The molecule has 3 heterocycles. The molecule has 7 rings (SSSR count). The Hall–Kier alpha value is -4.31. The third-order valence-electron chi connectivity index (χ3n) is 6.12. The molecule has 0 saturated carbocycles. The third-order valence-corrected chi connectivity index (χ3v) is 6.12. The molecule has 7 aromatic rings. The Labute approximate surface area is 235 Å². The number of benzene rings is 4. The molecule has 0 spiro atoms. The Kier molecular flexibility index (Phi) is 7.60. The van der Waals surface area contributed by atoms with Crippen molar-refractivity contribution in [2.45, 2.75) is 6.92 Å². The van der Waals surface area contributed by atoms with Gasteiger partial charge in [-0.25, -0.2) is 0 Å². The summed E-state index contributed by atoms with van der Waals surface area (Å²) in [6.07, 6.45) is 4.86. The molecule has 0 saturated heterocycles. The van der Waals surface area contributed by atoms with Gasteiger partial charge in [0.2, 0.25) is 0 Å². The van der Waals surface area contributed by atoms with Crippen LogP contribution in [0.15, 0.2) is 126 Å². The fourth-order valence-electron chi connectivity index (χ4n) is 4.36. The maximum absolute atomic E-state index is 5.67. The fraction of sp³-hybridized carbons (Fsp3) is 0.0303. The van der Waals surface area contributed by atoms with Gasteiger partial charge in [-0.3, -0.25) is 4.98 Å². The van der Waals surface area contributed by atoms with E-state index in [9.17, 15) is 0 Å². The maximum Gasteiger partial charge on any atom is 0.0774 e. The van der Waals surface area contributed by atoms with Crippen LogP contribution >= 0.6 is 0 Å². The molecule has 0 bridgehead atoms. The van der Waals surface area contributed by atoms with Gasteiger partial charge in [-0.15, -0.1) is 35.9 Å². The maximum atomic E-state index is 5.67. The second-order valence-electron chi connectivity index (χ2n) is 8.67. The van der Waals surface area contributed by atoms with Gasteiger partial charge in [-0.1, -0.05) is 77.2 Å². The number of aryl methyl sites for hydroxylation is 1. The number of nitrogens with zero attached hydrogens (tertiary/aromatic N) is 3. The molecule has 0 N–H and O–H groups in total. The third kappa shape index (κ3) is 5.07. The number of hydrogen-bond acceptors (Lipinski definition) is 3. The molecule has 1 radical (unpaired) electrons. The van der Waals surface area contributed by atoms with E-state index in [0.717, 1.165) is 50.3 Å². The van der Waals surface area contributed by atoms with Crippen LogP contribution < -0.4 is 0 Å². The molecule has 0 aliphatic rings. The first-order valence-electron chi connectivity index (χ1n) is 12.1. The van der Waals surface area contributed by atoms with Crippen LogP contribution in [0.2, 0.25) is 0 Å². The predicted octanol–water partition coefficient (Wildman–Crippen LogP) is 8.09. The normalized spacial score (nSPS) is 10.6. The van der Waals surface area contributed by atoms with Crippen molar-refractivity contribution in [2.75, 3.05) is 0 Å².